The number of aromatic nitrogens is 2. The molecule has 158 valence electrons. The molecule has 0 spiro atoms. The van der Waals surface area contributed by atoms with E-state index in [1.807, 2.05) is 18.2 Å². The second kappa shape index (κ2) is 8.44. The number of carbonyl (C=O) groups excluding carboxylic acids is 1. The predicted octanol–water partition coefficient (Wildman–Crippen LogP) is 3.79. The zero-order valence-corrected chi connectivity index (χ0v) is 17.0. The Kier molecular flexibility index (Phi) is 5.54. The lowest BCUT2D eigenvalue weighted by atomic mass is 10.1. The molecule has 1 aliphatic heterocycles. The van der Waals surface area contributed by atoms with Gasteiger partial charge in [0.15, 0.2) is 0 Å². The molecule has 0 aliphatic carbocycles. The topological polar surface area (TPSA) is 139 Å². The normalized spacial score (nSPS) is 12.4. The standard InChI is InChI=1S/C20H18ClN7O3/c21-15-3-5-16(6-4-15)25-20-24-9-17(28(30)31)18(26-20)23-8-12-1-2-13-10-27(19(22)29)11-14(13)7-12/h1-7,9H,8,10-11H2,(H2,22,29)(H2,23,24,25,26). The molecule has 11 heteroatoms. The summed E-state index contributed by atoms with van der Waals surface area (Å²) in [6.45, 7) is 1.24. The van der Waals surface area contributed by atoms with Gasteiger partial charge in [-0.25, -0.2) is 9.78 Å². The zero-order chi connectivity index (χ0) is 22.0. The fourth-order valence-electron chi connectivity index (χ4n) is 3.26. The Balaban J connectivity index is 1.51. The van der Waals surface area contributed by atoms with Crippen molar-refractivity contribution in [3.63, 3.8) is 0 Å². The molecule has 0 fully saturated rings. The first-order valence-corrected chi connectivity index (χ1v) is 9.70. The first-order chi connectivity index (χ1) is 14.9. The number of fused-ring (bicyclic) bond motifs is 1. The highest BCUT2D eigenvalue weighted by Crippen LogP contribution is 2.26. The smallest absolute Gasteiger partial charge is 0.329 e. The van der Waals surface area contributed by atoms with E-state index in [1.165, 1.54) is 0 Å². The van der Waals surface area contributed by atoms with Crippen molar-refractivity contribution in [2.45, 2.75) is 19.6 Å². The van der Waals surface area contributed by atoms with Gasteiger partial charge in [-0.1, -0.05) is 29.8 Å². The van der Waals surface area contributed by atoms with Crippen molar-refractivity contribution in [3.05, 3.63) is 80.5 Å². The maximum Gasteiger partial charge on any atom is 0.329 e. The van der Waals surface area contributed by atoms with E-state index in [9.17, 15) is 14.9 Å². The third-order valence-electron chi connectivity index (χ3n) is 4.83. The summed E-state index contributed by atoms with van der Waals surface area (Å²) in [5, 5.41) is 18.0. The highest BCUT2D eigenvalue weighted by molar-refractivity contribution is 6.30. The van der Waals surface area contributed by atoms with Gasteiger partial charge >= 0.3 is 11.7 Å². The van der Waals surface area contributed by atoms with Crippen LogP contribution in [0.5, 0.6) is 0 Å². The lowest BCUT2D eigenvalue weighted by Crippen LogP contribution is -2.30. The van der Waals surface area contributed by atoms with Crippen LogP contribution in [0, 0.1) is 10.1 Å². The number of hydrogen-bond donors (Lipinski definition) is 3. The monoisotopic (exact) mass is 439 g/mol. The summed E-state index contributed by atoms with van der Waals surface area (Å²) in [6.07, 6.45) is 1.15. The average molecular weight is 440 g/mol. The fourth-order valence-corrected chi connectivity index (χ4v) is 3.39. The highest BCUT2D eigenvalue weighted by atomic mass is 35.5. The van der Waals surface area contributed by atoms with Crippen LogP contribution in [-0.4, -0.2) is 25.8 Å². The molecule has 4 N–H and O–H groups in total. The van der Waals surface area contributed by atoms with E-state index in [4.69, 9.17) is 17.3 Å². The summed E-state index contributed by atoms with van der Waals surface area (Å²) < 4.78 is 0. The van der Waals surface area contributed by atoms with E-state index in [2.05, 4.69) is 20.6 Å². The molecule has 0 bridgehead atoms. The zero-order valence-electron chi connectivity index (χ0n) is 16.2. The largest absolute Gasteiger partial charge is 0.360 e. The molecule has 0 saturated carbocycles. The van der Waals surface area contributed by atoms with Gasteiger partial charge in [-0.2, -0.15) is 4.98 Å². The maximum atomic E-state index is 11.4. The molecule has 0 radical (unpaired) electrons. The minimum absolute atomic E-state index is 0.0933. The summed E-state index contributed by atoms with van der Waals surface area (Å²) in [7, 11) is 0. The molecule has 4 rings (SSSR count). The molecule has 0 saturated heterocycles. The second-order valence-corrected chi connectivity index (χ2v) is 7.40. The van der Waals surface area contributed by atoms with Gasteiger partial charge < -0.3 is 21.3 Å². The minimum Gasteiger partial charge on any atom is -0.360 e. The van der Waals surface area contributed by atoms with Crippen molar-refractivity contribution in [2.75, 3.05) is 10.6 Å². The van der Waals surface area contributed by atoms with Crippen molar-refractivity contribution in [1.82, 2.24) is 14.9 Å². The van der Waals surface area contributed by atoms with Gasteiger partial charge in [-0.05, 0) is 41.0 Å². The van der Waals surface area contributed by atoms with Crippen LogP contribution in [0.2, 0.25) is 5.02 Å². The van der Waals surface area contributed by atoms with Crippen LogP contribution in [0.15, 0.2) is 48.7 Å². The number of nitrogens with one attached hydrogen (secondary N) is 2. The second-order valence-electron chi connectivity index (χ2n) is 6.97. The average Bonchev–Trinajstić information content (AvgIpc) is 3.18. The number of hydrogen-bond acceptors (Lipinski definition) is 7. The number of rotatable bonds is 6. The third-order valence-corrected chi connectivity index (χ3v) is 5.08. The number of halogens is 1. The Morgan fingerprint density at radius 2 is 1.94 bits per heavy atom. The Bertz CT molecular complexity index is 1150. The molecular formula is C20H18ClN7O3. The van der Waals surface area contributed by atoms with Crippen LogP contribution in [0.3, 0.4) is 0 Å². The summed E-state index contributed by atoms with van der Waals surface area (Å²) in [6, 6.07) is 12.2. The van der Waals surface area contributed by atoms with Crippen LogP contribution in [0.1, 0.15) is 16.7 Å². The van der Waals surface area contributed by atoms with E-state index >= 15 is 0 Å². The molecule has 31 heavy (non-hydrogen) atoms. The van der Waals surface area contributed by atoms with E-state index < -0.39 is 11.0 Å². The predicted molar refractivity (Wildman–Crippen MR) is 116 cm³/mol. The summed E-state index contributed by atoms with van der Waals surface area (Å²) >= 11 is 5.88. The Labute approximate surface area is 182 Å². The van der Waals surface area contributed by atoms with Gasteiger partial charge in [-0.3, -0.25) is 10.1 Å². The molecule has 1 aromatic heterocycles. The first-order valence-electron chi connectivity index (χ1n) is 9.32. The number of primary amides is 1. The van der Waals surface area contributed by atoms with E-state index in [0.717, 1.165) is 22.9 Å². The van der Waals surface area contributed by atoms with Crippen LogP contribution in [0.25, 0.3) is 0 Å². The van der Waals surface area contributed by atoms with E-state index in [1.54, 1.807) is 29.2 Å². The number of benzene rings is 2. The lowest BCUT2D eigenvalue weighted by molar-refractivity contribution is -0.384. The number of anilines is 3. The number of nitrogens with zero attached hydrogens (tertiary/aromatic N) is 4. The van der Waals surface area contributed by atoms with Crippen molar-refractivity contribution < 1.29 is 9.72 Å². The highest BCUT2D eigenvalue weighted by Gasteiger charge is 2.22. The Morgan fingerprint density at radius 1 is 1.19 bits per heavy atom. The van der Waals surface area contributed by atoms with Crippen molar-refractivity contribution in [3.8, 4) is 0 Å². The minimum atomic E-state index is -0.540. The molecule has 1 aliphatic rings. The van der Waals surface area contributed by atoms with Crippen LogP contribution < -0.4 is 16.4 Å². The van der Waals surface area contributed by atoms with Crippen molar-refractivity contribution in [2.24, 2.45) is 5.73 Å². The number of amides is 2. The van der Waals surface area contributed by atoms with Crippen molar-refractivity contribution >= 4 is 40.8 Å². The quantitative estimate of drug-likeness (QED) is 0.392. The van der Waals surface area contributed by atoms with Gasteiger partial charge in [0.1, 0.15) is 6.20 Å². The summed E-state index contributed by atoms with van der Waals surface area (Å²) in [4.78, 5) is 32.1. The Hall–Kier alpha value is -3.92. The third kappa shape index (κ3) is 4.64. The van der Waals surface area contributed by atoms with Gasteiger partial charge in [0.2, 0.25) is 11.8 Å². The molecule has 2 heterocycles. The van der Waals surface area contributed by atoms with Crippen molar-refractivity contribution in [1.29, 1.82) is 0 Å². The number of carbonyl (C=O) groups is 1. The molecule has 2 amide bonds. The molecule has 0 unspecified atom stereocenters. The SMILES string of the molecule is NC(=O)N1Cc2ccc(CNc3nc(Nc4ccc(Cl)cc4)ncc3[N+](=O)[O-])cc2C1. The van der Waals surface area contributed by atoms with Crippen LogP contribution in [-0.2, 0) is 19.6 Å². The maximum absolute atomic E-state index is 11.4. The number of nitro groups is 1. The lowest BCUT2D eigenvalue weighted by Gasteiger charge is -2.10. The summed E-state index contributed by atoms with van der Waals surface area (Å²) in [5.41, 5.74) is 8.74. The van der Waals surface area contributed by atoms with Gasteiger partial charge in [-0.15, -0.1) is 0 Å². The van der Waals surface area contributed by atoms with Crippen LogP contribution in [0.4, 0.5) is 27.9 Å². The van der Waals surface area contributed by atoms with E-state index in [0.29, 0.717) is 30.3 Å². The molecule has 10 nitrogen and oxygen atoms in total. The molecule has 0 atom stereocenters. The molecule has 2 aromatic carbocycles. The molecular weight excluding hydrogens is 422 g/mol. The Morgan fingerprint density at radius 3 is 2.65 bits per heavy atom. The van der Waals surface area contributed by atoms with Gasteiger partial charge in [0.05, 0.1) is 4.92 Å². The number of urea groups is 1. The van der Waals surface area contributed by atoms with E-state index in [-0.39, 0.29) is 17.5 Å². The summed E-state index contributed by atoms with van der Waals surface area (Å²) in [5.74, 6) is 0.303. The fraction of sp³-hybridized carbons (Fsp3) is 0.150. The van der Waals surface area contributed by atoms with Gasteiger partial charge in [0, 0.05) is 30.3 Å². The van der Waals surface area contributed by atoms with Crippen LogP contribution >= 0.6 is 11.6 Å². The first kappa shape index (κ1) is 20.4. The number of nitrogens with two attached hydrogens (primary N) is 1. The van der Waals surface area contributed by atoms with Gasteiger partial charge in [0.25, 0.3) is 0 Å². The molecule has 3 aromatic rings.